The van der Waals surface area contributed by atoms with E-state index in [9.17, 15) is 13.2 Å². The van der Waals surface area contributed by atoms with E-state index in [4.69, 9.17) is 0 Å². The Balaban J connectivity index is 0. The van der Waals surface area contributed by atoms with Gasteiger partial charge in [0, 0.05) is 0 Å². The Morgan fingerprint density at radius 3 is 1.65 bits per heavy atom. The first kappa shape index (κ1) is 18.2. The molecule has 0 spiro atoms. The maximum absolute atomic E-state index is 11.7. The van der Waals surface area contributed by atoms with Crippen LogP contribution in [0.3, 0.4) is 0 Å². The molecule has 0 aliphatic rings. The van der Waals surface area contributed by atoms with Crippen LogP contribution < -0.4 is 4.74 Å². The zero-order valence-corrected chi connectivity index (χ0v) is 11.1. The van der Waals surface area contributed by atoms with Gasteiger partial charge >= 0.3 is 6.36 Å². The molecular formula is C13H21F3O. The maximum atomic E-state index is 11.7. The topological polar surface area (TPSA) is 9.23 Å². The van der Waals surface area contributed by atoms with Crippen LogP contribution in [0.1, 0.15) is 40.2 Å². The maximum Gasteiger partial charge on any atom is 0.573 e. The van der Waals surface area contributed by atoms with Gasteiger partial charge in [0.25, 0.3) is 0 Å². The fourth-order valence-corrected chi connectivity index (χ4v) is 0.927. The number of hydrogen-bond acceptors (Lipinski definition) is 1. The largest absolute Gasteiger partial charge is 0.573 e. The van der Waals surface area contributed by atoms with Gasteiger partial charge in [-0.05, 0) is 24.1 Å². The summed E-state index contributed by atoms with van der Waals surface area (Å²) in [7, 11) is 0. The zero-order valence-electron chi connectivity index (χ0n) is 11.1. The Labute approximate surface area is 102 Å². The summed E-state index contributed by atoms with van der Waals surface area (Å²) >= 11 is 0. The van der Waals surface area contributed by atoms with E-state index in [-0.39, 0.29) is 5.75 Å². The Morgan fingerprint density at radius 1 is 0.941 bits per heavy atom. The summed E-state index contributed by atoms with van der Waals surface area (Å²) in [6.07, 6.45) is -3.81. The third kappa shape index (κ3) is 9.72. The second-order valence-corrected chi connectivity index (χ2v) is 2.55. The summed E-state index contributed by atoms with van der Waals surface area (Å²) in [4.78, 5) is 0. The van der Waals surface area contributed by atoms with Crippen molar-refractivity contribution < 1.29 is 17.9 Å². The zero-order chi connectivity index (χ0) is 13.9. The van der Waals surface area contributed by atoms with Crippen molar-refractivity contribution in [2.75, 3.05) is 0 Å². The average Bonchev–Trinajstić information content (AvgIpc) is 2.33. The standard InChI is InChI=1S/C9H9F3O.2C2H6/c1-2-7-3-5-8(6-4-7)13-9(10,11)12;2*1-2/h3-6H,2H2,1H3;2*1-2H3. The highest BCUT2D eigenvalue weighted by Gasteiger charge is 2.30. The van der Waals surface area contributed by atoms with Crippen LogP contribution in [0.2, 0.25) is 0 Å². The summed E-state index contributed by atoms with van der Waals surface area (Å²) in [5.41, 5.74) is 0.981. The lowest BCUT2D eigenvalue weighted by molar-refractivity contribution is -0.274. The molecule has 0 radical (unpaired) electrons. The molecule has 0 saturated heterocycles. The lowest BCUT2D eigenvalue weighted by Crippen LogP contribution is -2.16. The lowest BCUT2D eigenvalue weighted by Gasteiger charge is -2.08. The first-order valence-corrected chi connectivity index (χ1v) is 5.86. The molecular weight excluding hydrogens is 229 g/mol. The second kappa shape index (κ2) is 10.00. The third-order valence-corrected chi connectivity index (χ3v) is 1.57. The summed E-state index contributed by atoms with van der Waals surface area (Å²) < 4.78 is 38.8. The Hall–Kier alpha value is -1.19. The highest BCUT2D eigenvalue weighted by Crippen LogP contribution is 2.22. The van der Waals surface area contributed by atoms with Gasteiger partial charge in [0.2, 0.25) is 0 Å². The van der Waals surface area contributed by atoms with Crippen LogP contribution in [-0.4, -0.2) is 6.36 Å². The van der Waals surface area contributed by atoms with Gasteiger partial charge in [-0.2, -0.15) is 0 Å². The van der Waals surface area contributed by atoms with Crippen molar-refractivity contribution in [2.45, 2.75) is 47.4 Å². The van der Waals surface area contributed by atoms with Gasteiger partial charge < -0.3 is 4.74 Å². The van der Waals surface area contributed by atoms with Gasteiger partial charge in [-0.3, -0.25) is 0 Å². The van der Waals surface area contributed by atoms with Crippen LogP contribution in [-0.2, 0) is 6.42 Å². The minimum absolute atomic E-state index is 0.176. The molecule has 0 amide bonds. The van der Waals surface area contributed by atoms with Crippen molar-refractivity contribution >= 4 is 0 Å². The molecule has 0 N–H and O–H groups in total. The molecule has 0 bridgehead atoms. The van der Waals surface area contributed by atoms with Crippen molar-refractivity contribution in [1.82, 2.24) is 0 Å². The highest BCUT2D eigenvalue weighted by atomic mass is 19.4. The van der Waals surface area contributed by atoms with E-state index in [0.29, 0.717) is 0 Å². The van der Waals surface area contributed by atoms with Crippen LogP contribution in [0.15, 0.2) is 24.3 Å². The smallest absolute Gasteiger partial charge is 0.406 e. The molecule has 0 aromatic heterocycles. The first-order chi connectivity index (χ1) is 8.01. The van der Waals surface area contributed by atoms with Gasteiger partial charge in [0.1, 0.15) is 5.75 Å². The summed E-state index contributed by atoms with van der Waals surface area (Å²) in [6.45, 7) is 9.93. The summed E-state index contributed by atoms with van der Waals surface area (Å²) in [5, 5.41) is 0. The van der Waals surface area contributed by atoms with Gasteiger partial charge in [-0.15, -0.1) is 13.2 Å². The Morgan fingerprint density at radius 2 is 1.35 bits per heavy atom. The Kier molecular flexibility index (Phi) is 10.7. The number of ether oxygens (including phenoxy) is 1. The van der Waals surface area contributed by atoms with Crippen molar-refractivity contribution in [3.05, 3.63) is 29.8 Å². The van der Waals surface area contributed by atoms with E-state index in [0.717, 1.165) is 12.0 Å². The van der Waals surface area contributed by atoms with Gasteiger partial charge in [0.15, 0.2) is 0 Å². The van der Waals surface area contributed by atoms with E-state index in [2.05, 4.69) is 4.74 Å². The van der Waals surface area contributed by atoms with Crippen molar-refractivity contribution in [3.63, 3.8) is 0 Å². The molecule has 0 aliphatic heterocycles. The van der Waals surface area contributed by atoms with Crippen molar-refractivity contribution in [2.24, 2.45) is 0 Å². The molecule has 1 aromatic carbocycles. The number of halogens is 3. The van der Waals surface area contributed by atoms with E-state index in [1.54, 1.807) is 12.1 Å². The molecule has 0 atom stereocenters. The minimum atomic E-state index is -4.60. The molecule has 1 nitrogen and oxygen atoms in total. The number of hydrogen-bond donors (Lipinski definition) is 0. The molecule has 4 heteroatoms. The van der Waals surface area contributed by atoms with Crippen LogP contribution in [0.4, 0.5) is 13.2 Å². The SMILES string of the molecule is CC.CC.CCc1ccc(OC(F)(F)F)cc1. The van der Waals surface area contributed by atoms with Crippen LogP contribution >= 0.6 is 0 Å². The first-order valence-electron chi connectivity index (χ1n) is 5.86. The highest BCUT2D eigenvalue weighted by molar-refractivity contribution is 5.27. The van der Waals surface area contributed by atoms with E-state index >= 15 is 0 Å². The third-order valence-electron chi connectivity index (χ3n) is 1.57. The fourth-order valence-electron chi connectivity index (χ4n) is 0.927. The Bertz CT molecular complexity index is 265. The molecule has 0 aliphatic carbocycles. The lowest BCUT2D eigenvalue weighted by atomic mass is 10.2. The van der Waals surface area contributed by atoms with Gasteiger partial charge in [-0.1, -0.05) is 46.8 Å². The summed E-state index contributed by atoms with van der Waals surface area (Å²) in [5.74, 6) is -0.176. The normalized spacial score (nSPS) is 9.41. The van der Waals surface area contributed by atoms with Crippen LogP contribution in [0.5, 0.6) is 5.75 Å². The monoisotopic (exact) mass is 250 g/mol. The average molecular weight is 250 g/mol. The molecule has 1 rings (SSSR count). The molecule has 0 unspecified atom stereocenters. The van der Waals surface area contributed by atoms with E-state index < -0.39 is 6.36 Å². The van der Waals surface area contributed by atoms with Crippen molar-refractivity contribution in [3.8, 4) is 5.75 Å². The van der Waals surface area contributed by atoms with E-state index in [1.807, 2.05) is 34.6 Å². The predicted molar refractivity (Wildman–Crippen MR) is 65.2 cm³/mol. The molecule has 100 valence electrons. The van der Waals surface area contributed by atoms with Crippen molar-refractivity contribution in [1.29, 1.82) is 0 Å². The molecule has 0 fully saturated rings. The number of aryl methyl sites for hydroxylation is 1. The quantitative estimate of drug-likeness (QED) is 0.701. The van der Waals surface area contributed by atoms with Gasteiger partial charge in [0.05, 0.1) is 0 Å². The predicted octanol–water partition coefficient (Wildman–Crippen LogP) is 5.20. The van der Waals surface area contributed by atoms with E-state index in [1.165, 1.54) is 12.1 Å². The van der Waals surface area contributed by atoms with Crippen LogP contribution in [0, 0.1) is 0 Å². The van der Waals surface area contributed by atoms with Crippen LogP contribution in [0.25, 0.3) is 0 Å². The fraction of sp³-hybridized carbons (Fsp3) is 0.538. The number of benzene rings is 1. The molecule has 0 heterocycles. The molecule has 17 heavy (non-hydrogen) atoms. The second-order valence-electron chi connectivity index (χ2n) is 2.55. The number of alkyl halides is 3. The van der Waals surface area contributed by atoms with Gasteiger partial charge in [-0.25, -0.2) is 0 Å². The summed E-state index contributed by atoms with van der Waals surface area (Å²) in [6, 6.07) is 5.85. The molecule has 1 aromatic rings. The molecule has 0 saturated carbocycles. The number of rotatable bonds is 2. The minimum Gasteiger partial charge on any atom is -0.406 e.